The average Bonchev–Trinajstić information content (AvgIpc) is 2.71. The maximum Gasteiger partial charge on any atom is 0.163 e. The molecule has 4 N–H and O–H groups in total. The normalized spacial score (nSPS) is 13.4. The number of methoxy groups -OCH3 is 2. The van der Waals surface area contributed by atoms with Crippen LogP contribution in [-0.4, -0.2) is 84.1 Å². The number of thioether (sulfide) groups is 1. The van der Waals surface area contributed by atoms with E-state index in [1.165, 1.54) is 26.0 Å². The molecule has 27 heavy (non-hydrogen) atoms. The third-order valence-corrected chi connectivity index (χ3v) is 4.86. The van der Waals surface area contributed by atoms with Crippen molar-refractivity contribution < 1.29 is 39.4 Å². The Balaban J connectivity index is 2.59. The Morgan fingerprint density at radius 1 is 1.04 bits per heavy atom. The van der Waals surface area contributed by atoms with Crippen molar-refractivity contribution in [3.05, 3.63) is 23.8 Å². The van der Waals surface area contributed by atoms with Crippen LogP contribution in [0.25, 0.3) is 0 Å². The van der Waals surface area contributed by atoms with Gasteiger partial charge in [-0.3, -0.25) is 4.79 Å². The Hall–Kier alpha value is -1.36. The number of aliphatic hydroxyl groups is 4. The quantitative estimate of drug-likeness (QED) is 0.197. The summed E-state index contributed by atoms with van der Waals surface area (Å²) in [7, 11) is 2.97. The molecule has 0 spiro atoms. The third-order valence-electron chi connectivity index (χ3n) is 3.98. The second-order valence-electron chi connectivity index (χ2n) is 5.88. The van der Waals surface area contributed by atoms with Gasteiger partial charge in [-0.15, -0.1) is 11.8 Å². The molecule has 0 amide bonds. The van der Waals surface area contributed by atoms with Gasteiger partial charge in [-0.2, -0.15) is 0 Å². The molecule has 0 aliphatic rings. The van der Waals surface area contributed by atoms with Crippen LogP contribution in [0, 0.1) is 5.92 Å². The van der Waals surface area contributed by atoms with Crippen LogP contribution in [0.15, 0.2) is 18.2 Å². The number of rotatable bonds is 14. The van der Waals surface area contributed by atoms with Gasteiger partial charge in [0.15, 0.2) is 5.78 Å². The summed E-state index contributed by atoms with van der Waals surface area (Å²) in [4.78, 5) is 12.5. The zero-order valence-electron chi connectivity index (χ0n) is 15.5. The van der Waals surface area contributed by atoms with Crippen molar-refractivity contribution in [3.8, 4) is 11.5 Å². The van der Waals surface area contributed by atoms with Crippen molar-refractivity contribution in [1.82, 2.24) is 0 Å². The highest BCUT2D eigenvalue weighted by Crippen LogP contribution is 2.25. The number of hydrogen-bond acceptors (Lipinski definition) is 9. The predicted octanol–water partition coefficient (Wildman–Crippen LogP) is 0.306. The Bertz CT molecular complexity index is 542. The minimum Gasteiger partial charge on any atom is -0.497 e. The third kappa shape index (κ3) is 8.04. The van der Waals surface area contributed by atoms with E-state index in [2.05, 4.69) is 0 Å². The molecule has 1 rings (SSSR count). The molecular formula is C18H28O8S. The number of ketones is 1. The maximum absolute atomic E-state index is 12.5. The molecule has 8 nitrogen and oxygen atoms in total. The first-order chi connectivity index (χ1) is 13.0. The summed E-state index contributed by atoms with van der Waals surface area (Å²) in [5.74, 6) is 0.495. The van der Waals surface area contributed by atoms with Gasteiger partial charge in [-0.1, -0.05) is 0 Å². The van der Waals surface area contributed by atoms with Crippen molar-refractivity contribution >= 4 is 17.5 Å². The zero-order chi connectivity index (χ0) is 20.2. The molecule has 2 unspecified atom stereocenters. The van der Waals surface area contributed by atoms with E-state index < -0.39 is 18.1 Å². The van der Waals surface area contributed by atoms with E-state index in [0.717, 1.165) is 0 Å². The van der Waals surface area contributed by atoms with Gasteiger partial charge in [0.25, 0.3) is 0 Å². The number of hydrogen-bond donors (Lipinski definition) is 4. The summed E-state index contributed by atoms with van der Waals surface area (Å²) >= 11 is 1.24. The highest BCUT2D eigenvalue weighted by atomic mass is 32.2. The highest BCUT2D eigenvalue weighted by molar-refractivity contribution is 7.99. The Kier molecular flexibility index (Phi) is 11.3. The second-order valence-corrected chi connectivity index (χ2v) is 6.86. The van der Waals surface area contributed by atoms with Gasteiger partial charge >= 0.3 is 0 Å². The molecular weight excluding hydrogens is 376 g/mol. The highest BCUT2D eigenvalue weighted by Gasteiger charge is 2.23. The predicted molar refractivity (Wildman–Crippen MR) is 101 cm³/mol. The van der Waals surface area contributed by atoms with Crippen LogP contribution < -0.4 is 9.47 Å². The lowest BCUT2D eigenvalue weighted by atomic mass is 9.94. The molecule has 1 aromatic carbocycles. The first-order valence-electron chi connectivity index (χ1n) is 8.45. The van der Waals surface area contributed by atoms with Crippen LogP contribution in [0.3, 0.4) is 0 Å². The Morgan fingerprint density at radius 3 is 2.11 bits per heavy atom. The van der Waals surface area contributed by atoms with Crippen molar-refractivity contribution in [2.75, 3.05) is 45.7 Å². The summed E-state index contributed by atoms with van der Waals surface area (Å²) in [6, 6.07) is 4.81. The summed E-state index contributed by atoms with van der Waals surface area (Å²) in [5, 5.41) is 37.6. The van der Waals surface area contributed by atoms with E-state index in [1.54, 1.807) is 18.2 Å². The number of carbonyl (C=O) groups is 1. The molecule has 154 valence electrons. The Morgan fingerprint density at radius 2 is 1.63 bits per heavy atom. The number of Topliss-reactive ketones (excluding diaryl/α,β-unsaturated/α-hetero) is 1. The van der Waals surface area contributed by atoms with Crippen molar-refractivity contribution in [2.24, 2.45) is 5.92 Å². The summed E-state index contributed by atoms with van der Waals surface area (Å²) in [6.45, 7) is -0.930. The summed E-state index contributed by atoms with van der Waals surface area (Å²) < 4.78 is 15.5. The van der Waals surface area contributed by atoms with Crippen LogP contribution in [0.2, 0.25) is 0 Å². The number of benzene rings is 1. The lowest BCUT2D eigenvalue weighted by molar-refractivity contribution is 0.00183. The minimum absolute atomic E-state index is 0.0364. The fourth-order valence-electron chi connectivity index (χ4n) is 2.26. The molecule has 1 aromatic rings. The van der Waals surface area contributed by atoms with E-state index in [1.807, 2.05) is 0 Å². The fraction of sp³-hybridized carbons (Fsp3) is 0.611. The summed E-state index contributed by atoms with van der Waals surface area (Å²) in [6.07, 6.45) is -1.61. The molecule has 0 heterocycles. The Labute approximate surface area is 163 Å². The smallest absolute Gasteiger partial charge is 0.163 e. The second kappa shape index (κ2) is 12.9. The standard InChI is InChI=1S/C18H28O8S/c1-24-14-3-12(4-15(6-14)25-2)17(22)5-13(7-19)18(23)10-27-11-26-16(8-20)9-21/h3-4,6,13,16,18-21,23H,5,7-11H2,1-2H3. The molecule has 0 radical (unpaired) electrons. The van der Waals surface area contributed by atoms with Crippen LogP contribution >= 0.6 is 11.8 Å². The lowest BCUT2D eigenvalue weighted by Gasteiger charge is -2.21. The molecule has 0 saturated carbocycles. The van der Waals surface area contributed by atoms with Crippen molar-refractivity contribution in [3.63, 3.8) is 0 Å². The number of aliphatic hydroxyl groups excluding tert-OH is 4. The molecule has 0 fully saturated rings. The molecule has 0 aliphatic heterocycles. The number of ether oxygens (including phenoxy) is 3. The first kappa shape index (κ1) is 23.7. The SMILES string of the molecule is COc1cc(OC)cc(C(=O)CC(CO)C(O)CSCOC(CO)CO)c1. The van der Waals surface area contributed by atoms with E-state index in [0.29, 0.717) is 17.1 Å². The van der Waals surface area contributed by atoms with Gasteiger partial charge in [0, 0.05) is 36.3 Å². The monoisotopic (exact) mass is 404 g/mol. The van der Waals surface area contributed by atoms with Gasteiger partial charge in [0.05, 0.1) is 39.5 Å². The fourth-order valence-corrected chi connectivity index (χ4v) is 3.16. The van der Waals surface area contributed by atoms with Gasteiger partial charge < -0.3 is 34.6 Å². The molecule has 0 aliphatic carbocycles. The van der Waals surface area contributed by atoms with E-state index in [9.17, 15) is 15.0 Å². The van der Waals surface area contributed by atoms with Gasteiger partial charge in [0.2, 0.25) is 0 Å². The van der Waals surface area contributed by atoms with E-state index in [-0.39, 0.29) is 43.7 Å². The molecule has 9 heteroatoms. The number of carbonyl (C=O) groups excluding carboxylic acids is 1. The molecule has 0 saturated heterocycles. The lowest BCUT2D eigenvalue weighted by Crippen LogP contribution is -2.29. The maximum atomic E-state index is 12.5. The van der Waals surface area contributed by atoms with Crippen LogP contribution in [-0.2, 0) is 4.74 Å². The molecule has 0 bridgehead atoms. The van der Waals surface area contributed by atoms with Crippen LogP contribution in [0.5, 0.6) is 11.5 Å². The van der Waals surface area contributed by atoms with Gasteiger partial charge in [0.1, 0.15) is 17.6 Å². The average molecular weight is 404 g/mol. The topological polar surface area (TPSA) is 126 Å². The largest absolute Gasteiger partial charge is 0.497 e. The summed E-state index contributed by atoms with van der Waals surface area (Å²) in [5.41, 5.74) is 0.376. The van der Waals surface area contributed by atoms with Crippen LogP contribution in [0.1, 0.15) is 16.8 Å². The molecule has 2 atom stereocenters. The van der Waals surface area contributed by atoms with Crippen molar-refractivity contribution in [1.29, 1.82) is 0 Å². The minimum atomic E-state index is -0.915. The molecule has 0 aromatic heterocycles. The van der Waals surface area contributed by atoms with Gasteiger partial charge in [-0.05, 0) is 12.1 Å². The van der Waals surface area contributed by atoms with Crippen LogP contribution in [0.4, 0.5) is 0 Å². The zero-order valence-corrected chi connectivity index (χ0v) is 16.4. The van der Waals surface area contributed by atoms with Gasteiger partial charge in [-0.25, -0.2) is 0 Å². The first-order valence-corrected chi connectivity index (χ1v) is 9.60. The van der Waals surface area contributed by atoms with E-state index >= 15 is 0 Å². The van der Waals surface area contributed by atoms with Crippen molar-refractivity contribution in [2.45, 2.75) is 18.6 Å². The van der Waals surface area contributed by atoms with E-state index in [4.69, 9.17) is 24.4 Å².